The van der Waals surface area contributed by atoms with Crippen molar-refractivity contribution in [3.63, 3.8) is 0 Å². The van der Waals surface area contributed by atoms with Crippen molar-refractivity contribution in [1.82, 2.24) is 9.97 Å². The SMILES string of the molecule is CCOC(CCSc1nc(C)cc(C)n1)OCC. The summed E-state index contributed by atoms with van der Waals surface area (Å²) in [7, 11) is 0. The van der Waals surface area contributed by atoms with E-state index in [1.165, 1.54) is 0 Å². The van der Waals surface area contributed by atoms with Gasteiger partial charge in [-0.05, 0) is 33.8 Å². The predicted octanol–water partition coefficient (Wildman–Crippen LogP) is 2.97. The molecule has 1 heterocycles. The molecule has 18 heavy (non-hydrogen) atoms. The summed E-state index contributed by atoms with van der Waals surface area (Å²) in [5.74, 6) is 0.896. The maximum atomic E-state index is 5.49. The van der Waals surface area contributed by atoms with Gasteiger partial charge in [-0.3, -0.25) is 0 Å². The van der Waals surface area contributed by atoms with Crippen LogP contribution < -0.4 is 0 Å². The molecular weight excluding hydrogens is 248 g/mol. The zero-order valence-corrected chi connectivity index (χ0v) is 12.4. The van der Waals surface area contributed by atoms with Crippen LogP contribution in [0.5, 0.6) is 0 Å². The van der Waals surface area contributed by atoms with Gasteiger partial charge in [-0.15, -0.1) is 0 Å². The van der Waals surface area contributed by atoms with E-state index < -0.39 is 0 Å². The average Bonchev–Trinajstić information content (AvgIpc) is 2.28. The second-order valence-corrected chi connectivity index (χ2v) is 4.97. The van der Waals surface area contributed by atoms with Crippen molar-refractivity contribution in [3.8, 4) is 0 Å². The van der Waals surface area contributed by atoms with Crippen LogP contribution in [0.4, 0.5) is 0 Å². The van der Waals surface area contributed by atoms with Crippen LogP contribution in [0.1, 0.15) is 31.7 Å². The number of ether oxygens (including phenoxy) is 2. The van der Waals surface area contributed by atoms with E-state index in [1.807, 2.05) is 33.8 Å². The molecule has 5 heteroatoms. The zero-order valence-electron chi connectivity index (χ0n) is 11.6. The summed E-state index contributed by atoms with van der Waals surface area (Å²) in [6.45, 7) is 9.28. The summed E-state index contributed by atoms with van der Waals surface area (Å²) < 4.78 is 11.0. The van der Waals surface area contributed by atoms with E-state index in [0.29, 0.717) is 13.2 Å². The number of hydrogen-bond acceptors (Lipinski definition) is 5. The number of aromatic nitrogens is 2. The van der Waals surface area contributed by atoms with E-state index >= 15 is 0 Å². The van der Waals surface area contributed by atoms with Gasteiger partial charge in [0.15, 0.2) is 11.4 Å². The minimum atomic E-state index is -0.113. The molecule has 0 aliphatic rings. The van der Waals surface area contributed by atoms with E-state index in [-0.39, 0.29) is 6.29 Å². The van der Waals surface area contributed by atoms with Crippen LogP contribution in [0.15, 0.2) is 11.2 Å². The number of thioether (sulfide) groups is 1. The smallest absolute Gasteiger partial charge is 0.187 e. The standard InChI is InChI=1S/C13H22N2O2S/c1-5-16-12(17-6-2)7-8-18-13-14-10(3)9-11(4)15-13/h9,12H,5-8H2,1-4H3. The molecule has 4 nitrogen and oxygen atoms in total. The Bertz CT molecular complexity index is 335. The Kier molecular flexibility index (Phi) is 7.23. The number of rotatable bonds is 8. The highest BCUT2D eigenvalue weighted by Gasteiger charge is 2.08. The van der Waals surface area contributed by atoms with E-state index in [0.717, 1.165) is 28.7 Å². The Morgan fingerprint density at radius 3 is 2.17 bits per heavy atom. The minimum absolute atomic E-state index is 0.113. The molecule has 102 valence electrons. The van der Waals surface area contributed by atoms with Gasteiger partial charge in [0.05, 0.1) is 0 Å². The van der Waals surface area contributed by atoms with Gasteiger partial charge in [-0.25, -0.2) is 9.97 Å². The molecule has 0 atom stereocenters. The number of hydrogen-bond donors (Lipinski definition) is 0. The third kappa shape index (κ3) is 5.80. The number of aryl methyl sites for hydroxylation is 2. The highest BCUT2D eigenvalue weighted by molar-refractivity contribution is 7.99. The second-order valence-electron chi connectivity index (χ2n) is 3.91. The molecule has 0 fully saturated rings. The lowest BCUT2D eigenvalue weighted by Gasteiger charge is -2.16. The Morgan fingerprint density at radius 2 is 1.67 bits per heavy atom. The lowest BCUT2D eigenvalue weighted by molar-refractivity contribution is -0.136. The molecule has 0 unspecified atom stereocenters. The van der Waals surface area contributed by atoms with Crippen molar-refractivity contribution < 1.29 is 9.47 Å². The van der Waals surface area contributed by atoms with Gasteiger partial charge in [-0.1, -0.05) is 11.8 Å². The normalized spacial score (nSPS) is 11.2. The molecule has 0 saturated carbocycles. The second kappa shape index (κ2) is 8.45. The maximum Gasteiger partial charge on any atom is 0.187 e. The monoisotopic (exact) mass is 270 g/mol. The van der Waals surface area contributed by atoms with Crippen LogP contribution in [0.2, 0.25) is 0 Å². The summed E-state index contributed by atoms with van der Waals surface area (Å²) >= 11 is 1.65. The van der Waals surface area contributed by atoms with Crippen LogP contribution in [0.3, 0.4) is 0 Å². The van der Waals surface area contributed by atoms with Gasteiger partial charge in [0.1, 0.15) is 0 Å². The summed E-state index contributed by atoms with van der Waals surface area (Å²) in [6.07, 6.45) is 0.737. The molecule has 0 N–H and O–H groups in total. The van der Waals surface area contributed by atoms with Gasteiger partial charge in [0.2, 0.25) is 0 Å². The fraction of sp³-hybridized carbons (Fsp3) is 0.692. The molecule has 1 aromatic rings. The van der Waals surface area contributed by atoms with Gasteiger partial charge in [0, 0.05) is 36.8 Å². The lowest BCUT2D eigenvalue weighted by atomic mass is 10.4. The molecule has 0 radical (unpaired) electrons. The minimum Gasteiger partial charge on any atom is -0.353 e. The first-order valence-corrected chi connectivity index (χ1v) is 7.32. The topological polar surface area (TPSA) is 44.2 Å². The lowest BCUT2D eigenvalue weighted by Crippen LogP contribution is -2.18. The van der Waals surface area contributed by atoms with Crippen LogP contribution in [0.25, 0.3) is 0 Å². The molecule has 0 aliphatic carbocycles. The molecule has 1 aromatic heterocycles. The Morgan fingerprint density at radius 1 is 1.11 bits per heavy atom. The van der Waals surface area contributed by atoms with Crippen molar-refractivity contribution in [2.24, 2.45) is 0 Å². The predicted molar refractivity (Wildman–Crippen MR) is 73.9 cm³/mol. The molecule has 0 aromatic carbocycles. The summed E-state index contributed by atoms with van der Waals surface area (Å²) in [4.78, 5) is 8.79. The number of nitrogens with zero attached hydrogens (tertiary/aromatic N) is 2. The summed E-state index contributed by atoms with van der Waals surface area (Å²) in [5.41, 5.74) is 2.02. The summed E-state index contributed by atoms with van der Waals surface area (Å²) in [5, 5.41) is 0.833. The van der Waals surface area contributed by atoms with Crippen molar-refractivity contribution >= 4 is 11.8 Å². The molecule has 1 rings (SSSR count). The van der Waals surface area contributed by atoms with Crippen molar-refractivity contribution in [3.05, 3.63) is 17.5 Å². The third-order valence-corrected chi connectivity index (χ3v) is 3.13. The van der Waals surface area contributed by atoms with Crippen molar-refractivity contribution in [2.75, 3.05) is 19.0 Å². The molecular formula is C13H22N2O2S. The first-order valence-electron chi connectivity index (χ1n) is 6.34. The summed E-state index contributed by atoms with van der Waals surface area (Å²) in [6, 6.07) is 1.98. The molecule has 0 spiro atoms. The first-order chi connectivity index (χ1) is 8.65. The molecule has 0 amide bonds. The fourth-order valence-electron chi connectivity index (χ4n) is 1.59. The van der Waals surface area contributed by atoms with Gasteiger partial charge in [0.25, 0.3) is 0 Å². The average molecular weight is 270 g/mol. The van der Waals surface area contributed by atoms with E-state index in [4.69, 9.17) is 9.47 Å². The Balaban J connectivity index is 2.39. The van der Waals surface area contributed by atoms with Crippen LogP contribution in [-0.4, -0.2) is 35.2 Å². The highest BCUT2D eigenvalue weighted by Crippen LogP contribution is 2.17. The maximum absolute atomic E-state index is 5.49. The zero-order chi connectivity index (χ0) is 13.4. The molecule has 0 saturated heterocycles. The Labute approximate surface area is 114 Å². The quantitative estimate of drug-likeness (QED) is 0.413. The van der Waals surface area contributed by atoms with E-state index in [1.54, 1.807) is 11.8 Å². The van der Waals surface area contributed by atoms with Gasteiger partial charge in [-0.2, -0.15) is 0 Å². The van der Waals surface area contributed by atoms with Gasteiger partial charge >= 0.3 is 0 Å². The van der Waals surface area contributed by atoms with Crippen molar-refractivity contribution in [1.29, 1.82) is 0 Å². The largest absolute Gasteiger partial charge is 0.353 e. The molecule has 0 aliphatic heterocycles. The van der Waals surface area contributed by atoms with Crippen LogP contribution in [-0.2, 0) is 9.47 Å². The van der Waals surface area contributed by atoms with Crippen LogP contribution >= 0.6 is 11.8 Å². The molecule has 0 bridgehead atoms. The fourth-order valence-corrected chi connectivity index (χ4v) is 2.50. The van der Waals surface area contributed by atoms with Crippen LogP contribution in [0, 0.1) is 13.8 Å². The highest BCUT2D eigenvalue weighted by atomic mass is 32.2. The van der Waals surface area contributed by atoms with Crippen molar-refractivity contribution in [2.45, 2.75) is 45.6 Å². The third-order valence-electron chi connectivity index (χ3n) is 2.25. The van der Waals surface area contributed by atoms with E-state index in [2.05, 4.69) is 9.97 Å². The van der Waals surface area contributed by atoms with E-state index in [9.17, 15) is 0 Å². The Hall–Kier alpha value is -0.650. The first kappa shape index (κ1) is 15.4. The van der Waals surface area contributed by atoms with Gasteiger partial charge < -0.3 is 9.47 Å².